The van der Waals surface area contributed by atoms with Crippen LogP contribution in [-0.4, -0.2) is 81.3 Å². The normalized spacial score (nSPS) is 21.5. The van der Waals surface area contributed by atoms with Crippen molar-refractivity contribution in [1.29, 1.82) is 0 Å². The molecular formula is C28H38ClFN4O2. The highest BCUT2D eigenvalue weighted by Gasteiger charge is 2.35. The van der Waals surface area contributed by atoms with Gasteiger partial charge in [0, 0.05) is 70.4 Å². The Morgan fingerprint density at radius 2 is 1.83 bits per heavy atom. The van der Waals surface area contributed by atoms with E-state index < -0.39 is 0 Å². The predicted octanol–water partition coefficient (Wildman–Crippen LogP) is 4.03. The Bertz CT molecular complexity index is 986. The number of piperazine rings is 1. The second-order valence-corrected chi connectivity index (χ2v) is 10.2. The summed E-state index contributed by atoms with van der Waals surface area (Å²) in [4.78, 5) is 19.6. The lowest BCUT2D eigenvalue weighted by Crippen LogP contribution is -2.56. The summed E-state index contributed by atoms with van der Waals surface area (Å²) in [6.45, 7) is 7.25. The van der Waals surface area contributed by atoms with Gasteiger partial charge in [-0.05, 0) is 49.1 Å². The Morgan fingerprint density at radius 3 is 2.58 bits per heavy atom. The number of piperidine rings is 1. The number of rotatable bonds is 10. The Kier molecular flexibility index (Phi) is 9.98. The van der Waals surface area contributed by atoms with E-state index in [0.29, 0.717) is 37.2 Å². The van der Waals surface area contributed by atoms with Crippen LogP contribution in [0.3, 0.4) is 0 Å². The number of benzene rings is 2. The lowest BCUT2D eigenvalue weighted by atomic mass is 9.86. The lowest BCUT2D eigenvalue weighted by Gasteiger charge is -2.47. The van der Waals surface area contributed by atoms with E-state index in [-0.39, 0.29) is 11.7 Å². The zero-order valence-corrected chi connectivity index (χ0v) is 21.9. The van der Waals surface area contributed by atoms with Gasteiger partial charge >= 0.3 is 0 Å². The molecule has 2 heterocycles. The third-order valence-electron chi connectivity index (χ3n) is 7.48. The molecule has 8 heteroatoms. The molecule has 0 aromatic heterocycles. The molecule has 0 saturated carbocycles. The monoisotopic (exact) mass is 516 g/mol. The number of nitrogens with zero attached hydrogens (tertiary/aromatic N) is 3. The van der Waals surface area contributed by atoms with Crippen molar-refractivity contribution in [1.82, 2.24) is 15.1 Å². The molecule has 2 saturated heterocycles. The van der Waals surface area contributed by atoms with Crippen LogP contribution in [0.5, 0.6) is 0 Å². The van der Waals surface area contributed by atoms with Crippen LogP contribution in [0.15, 0.2) is 48.5 Å². The quantitative estimate of drug-likeness (QED) is 0.483. The smallest absolute Gasteiger partial charge is 0.220 e. The van der Waals surface area contributed by atoms with E-state index in [1.54, 1.807) is 13.2 Å². The van der Waals surface area contributed by atoms with Crippen LogP contribution in [0.2, 0.25) is 5.02 Å². The van der Waals surface area contributed by atoms with E-state index in [1.165, 1.54) is 6.07 Å². The van der Waals surface area contributed by atoms with Crippen LogP contribution < -0.4 is 10.2 Å². The van der Waals surface area contributed by atoms with Crippen LogP contribution in [0.4, 0.5) is 10.1 Å². The van der Waals surface area contributed by atoms with E-state index in [1.807, 2.05) is 30.3 Å². The Balaban J connectivity index is 1.38. The van der Waals surface area contributed by atoms with Gasteiger partial charge in [-0.15, -0.1) is 0 Å². The fourth-order valence-electron chi connectivity index (χ4n) is 5.57. The fraction of sp³-hybridized carbons (Fsp3) is 0.536. The number of carbonyl (C=O) groups is 1. The van der Waals surface area contributed by atoms with E-state index >= 15 is 0 Å². The van der Waals surface area contributed by atoms with Gasteiger partial charge in [0.25, 0.3) is 0 Å². The van der Waals surface area contributed by atoms with Crippen LogP contribution >= 0.6 is 11.6 Å². The number of ether oxygens (including phenoxy) is 1. The van der Waals surface area contributed by atoms with Gasteiger partial charge in [0.2, 0.25) is 5.91 Å². The van der Waals surface area contributed by atoms with Crippen LogP contribution in [-0.2, 0) is 16.1 Å². The SMILES string of the molecule is COCCNC(=O)CC[C@@H]1CN(Cc2ccccc2Cl)CC[C@@H]1N1CCN(c2ccccc2F)CC1. The summed E-state index contributed by atoms with van der Waals surface area (Å²) in [6, 6.07) is 15.5. The molecule has 36 heavy (non-hydrogen) atoms. The number of amides is 1. The molecule has 0 aliphatic carbocycles. The molecule has 2 aromatic rings. The molecule has 2 aliphatic heterocycles. The maximum absolute atomic E-state index is 14.3. The van der Waals surface area contributed by atoms with Gasteiger partial charge < -0.3 is 15.0 Å². The molecule has 196 valence electrons. The van der Waals surface area contributed by atoms with Crippen molar-refractivity contribution in [3.8, 4) is 0 Å². The van der Waals surface area contributed by atoms with Gasteiger partial charge in [-0.1, -0.05) is 41.9 Å². The number of nitrogens with one attached hydrogen (secondary N) is 1. The van der Waals surface area contributed by atoms with Gasteiger partial charge in [0.15, 0.2) is 0 Å². The number of likely N-dealkylation sites (tertiary alicyclic amines) is 1. The molecule has 0 bridgehead atoms. The minimum absolute atomic E-state index is 0.0819. The first kappa shape index (κ1) is 26.9. The Hall–Kier alpha value is -2.19. The molecule has 2 aromatic carbocycles. The summed E-state index contributed by atoms with van der Waals surface area (Å²) < 4.78 is 19.4. The highest BCUT2D eigenvalue weighted by atomic mass is 35.5. The summed E-state index contributed by atoms with van der Waals surface area (Å²) in [7, 11) is 1.64. The molecule has 2 fully saturated rings. The molecule has 0 unspecified atom stereocenters. The van der Waals surface area contributed by atoms with Gasteiger partial charge in [0.1, 0.15) is 5.82 Å². The van der Waals surface area contributed by atoms with Crippen molar-refractivity contribution in [3.05, 3.63) is 64.9 Å². The van der Waals surface area contributed by atoms with Gasteiger partial charge in [-0.25, -0.2) is 4.39 Å². The third-order valence-corrected chi connectivity index (χ3v) is 7.85. The first-order valence-electron chi connectivity index (χ1n) is 13.0. The zero-order chi connectivity index (χ0) is 25.3. The fourth-order valence-corrected chi connectivity index (χ4v) is 5.77. The van der Waals surface area contributed by atoms with Gasteiger partial charge in [-0.2, -0.15) is 0 Å². The highest BCUT2D eigenvalue weighted by molar-refractivity contribution is 6.31. The van der Waals surface area contributed by atoms with Crippen LogP contribution in [0.1, 0.15) is 24.8 Å². The maximum Gasteiger partial charge on any atom is 0.220 e. The van der Waals surface area contributed by atoms with Crippen LogP contribution in [0, 0.1) is 11.7 Å². The largest absolute Gasteiger partial charge is 0.383 e. The van der Waals surface area contributed by atoms with E-state index in [2.05, 4.69) is 26.1 Å². The predicted molar refractivity (Wildman–Crippen MR) is 143 cm³/mol. The summed E-state index contributed by atoms with van der Waals surface area (Å²) in [6.07, 6.45) is 2.41. The van der Waals surface area contributed by atoms with Crippen molar-refractivity contribution in [2.75, 3.05) is 64.4 Å². The van der Waals surface area contributed by atoms with Crippen molar-refractivity contribution < 1.29 is 13.9 Å². The number of anilines is 1. The number of methoxy groups -OCH3 is 1. The van der Waals surface area contributed by atoms with Gasteiger partial charge in [-0.3, -0.25) is 14.6 Å². The van der Waals surface area contributed by atoms with Gasteiger partial charge in [0.05, 0.1) is 12.3 Å². The van der Waals surface area contributed by atoms with E-state index in [9.17, 15) is 9.18 Å². The van der Waals surface area contributed by atoms with Crippen molar-refractivity contribution in [2.24, 2.45) is 5.92 Å². The lowest BCUT2D eigenvalue weighted by molar-refractivity contribution is -0.121. The molecule has 0 radical (unpaired) electrons. The molecule has 1 N–H and O–H groups in total. The van der Waals surface area contributed by atoms with Crippen molar-refractivity contribution in [2.45, 2.75) is 31.8 Å². The number of hydrogen-bond donors (Lipinski definition) is 1. The molecule has 2 aliphatic rings. The molecule has 4 rings (SSSR count). The minimum atomic E-state index is -0.156. The summed E-state index contributed by atoms with van der Waals surface area (Å²) in [5, 5.41) is 3.76. The average Bonchev–Trinajstić information content (AvgIpc) is 2.90. The second kappa shape index (κ2) is 13.4. The summed E-state index contributed by atoms with van der Waals surface area (Å²) >= 11 is 6.44. The molecule has 6 nitrogen and oxygen atoms in total. The van der Waals surface area contributed by atoms with Crippen molar-refractivity contribution >= 4 is 23.2 Å². The van der Waals surface area contributed by atoms with E-state index in [4.69, 9.17) is 16.3 Å². The summed E-state index contributed by atoms with van der Waals surface area (Å²) in [5.74, 6) is 0.309. The topological polar surface area (TPSA) is 48.1 Å². The third kappa shape index (κ3) is 7.19. The van der Waals surface area contributed by atoms with E-state index in [0.717, 1.165) is 69.2 Å². The molecule has 2 atom stereocenters. The molecule has 0 spiro atoms. The maximum atomic E-state index is 14.3. The Morgan fingerprint density at radius 1 is 1.08 bits per heavy atom. The second-order valence-electron chi connectivity index (χ2n) is 9.80. The number of para-hydroxylation sites is 1. The first-order chi connectivity index (χ1) is 17.5. The zero-order valence-electron chi connectivity index (χ0n) is 21.2. The standard InChI is InChI=1S/C28H38ClFN4O2/c1-36-19-13-31-28(35)11-10-23-21-32(20-22-6-2-3-7-24(22)29)14-12-26(23)33-15-17-34(18-16-33)27-9-5-4-8-25(27)30/h2-9,23,26H,10-21H2,1H3,(H,31,35)/t23-,26+/m1/s1. The molecular weight excluding hydrogens is 479 g/mol. The highest BCUT2D eigenvalue weighted by Crippen LogP contribution is 2.30. The van der Waals surface area contributed by atoms with Crippen molar-refractivity contribution in [3.63, 3.8) is 0 Å². The summed E-state index contributed by atoms with van der Waals surface area (Å²) in [5.41, 5.74) is 1.84. The molecule has 1 amide bonds. The number of halogens is 2. The average molecular weight is 517 g/mol. The van der Waals surface area contributed by atoms with Crippen LogP contribution in [0.25, 0.3) is 0 Å². The Labute approximate surface area is 219 Å². The number of hydrogen-bond acceptors (Lipinski definition) is 5. The number of carbonyl (C=O) groups excluding carboxylic acids is 1. The first-order valence-corrected chi connectivity index (χ1v) is 13.4. The minimum Gasteiger partial charge on any atom is -0.383 e.